The lowest BCUT2D eigenvalue weighted by molar-refractivity contribution is 0.181. The summed E-state index contributed by atoms with van der Waals surface area (Å²) in [7, 11) is 4.09. The van der Waals surface area contributed by atoms with Gasteiger partial charge in [-0.2, -0.15) is 5.10 Å². The van der Waals surface area contributed by atoms with Crippen LogP contribution in [0.15, 0.2) is 6.07 Å². The molecule has 1 aliphatic heterocycles. The number of aromatic nitrogens is 2. The number of rotatable bonds is 6. The van der Waals surface area contributed by atoms with Crippen LogP contribution in [0.25, 0.3) is 0 Å². The molecule has 0 amide bonds. The van der Waals surface area contributed by atoms with Crippen LogP contribution in [0.4, 0.5) is 0 Å². The SMILES string of the molecule is CCc1cc(CC(CC2CCOC2)NC)n(C)n1. The minimum atomic E-state index is 0.525. The van der Waals surface area contributed by atoms with Gasteiger partial charge < -0.3 is 10.1 Å². The van der Waals surface area contributed by atoms with E-state index in [-0.39, 0.29) is 0 Å². The lowest BCUT2D eigenvalue weighted by Crippen LogP contribution is -2.31. The van der Waals surface area contributed by atoms with Gasteiger partial charge in [-0.15, -0.1) is 0 Å². The van der Waals surface area contributed by atoms with Crippen LogP contribution in [-0.4, -0.2) is 36.1 Å². The summed E-state index contributed by atoms with van der Waals surface area (Å²) < 4.78 is 7.47. The van der Waals surface area contributed by atoms with Crippen molar-refractivity contribution >= 4 is 0 Å². The summed E-state index contributed by atoms with van der Waals surface area (Å²) in [5, 5.41) is 7.95. The Kier molecular flexibility index (Phi) is 4.78. The van der Waals surface area contributed by atoms with Crippen LogP contribution in [0.2, 0.25) is 0 Å². The van der Waals surface area contributed by atoms with Crippen molar-refractivity contribution in [1.82, 2.24) is 15.1 Å². The molecule has 18 heavy (non-hydrogen) atoms. The molecule has 1 fully saturated rings. The van der Waals surface area contributed by atoms with E-state index in [4.69, 9.17) is 4.74 Å². The smallest absolute Gasteiger partial charge is 0.0624 e. The Morgan fingerprint density at radius 2 is 2.44 bits per heavy atom. The molecule has 1 N–H and O–H groups in total. The third kappa shape index (κ3) is 3.33. The lowest BCUT2D eigenvalue weighted by Gasteiger charge is -2.19. The standard InChI is InChI=1S/C14H25N3O/c1-4-12-8-14(17(3)16-12)9-13(15-2)7-11-5-6-18-10-11/h8,11,13,15H,4-7,9-10H2,1-3H3. The molecule has 2 atom stereocenters. The van der Waals surface area contributed by atoms with Gasteiger partial charge in [-0.1, -0.05) is 6.92 Å². The fourth-order valence-electron chi connectivity index (χ4n) is 2.66. The fraction of sp³-hybridized carbons (Fsp3) is 0.786. The van der Waals surface area contributed by atoms with Crippen molar-refractivity contribution in [3.63, 3.8) is 0 Å². The van der Waals surface area contributed by atoms with E-state index >= 15 is 0 Å². The average molecular weight is 251 g/mol. The molecule has 0 bridgehead atoms. The Hall–Kier alpha value is -0.870. The van der Waals surface area contributed by atoms with Gasteiger partial charge >= 0.3 is 0 Å². The second-order valence-electron chi connectivity index (χ2n) is 5.26. The van der Waals surface area contributed by atoms with E-state index < -0.39 is 0 Å². The van der Waals surface area contributed by atoms with Gasteiger partial charge in [-0.05, 0) is 38.3 Å². The van der Waals surface area contributed by atoms with Crippen LogP contribution in [0.1, 0.15) is 31.2 Å². The summed E-state index contributed by atoms with van der Waals surface area (Å²) >= 11 is 0. The first-order valence-electron chi connectivity index (χ1n) is 6.99. The number of aryl methyl sites for hydroxylation is 2. The zero-order chi connectivity index (χ0) is 13.0. The van der Waals surface area contributed by atoms with Gasteiger partial charge in [0, 0.05) is 38.4 Å². The second kappa shape index (κ2) is 6.34. The first-order chi connectivity index (χ1) is 8.72. The van der Waals surface area contributed by atoms with Crippen molar-refractivity contribution in [2.45, 2.75) is 38.6 Å². The molecule has 4 nitrogen and oxygen atoms in total. The molecule has 2 rings (SSSR count). The first kappa shape index (κ1) is 13.6. The van der Waals surface area contributed by atoms with E-state index in [1.54, 1.807) is 0 Å². The predicted molar refractivity (Wildman–Crippen MR) is 72.7 cm³/mol. The Morgan fingerprint density at radius 1 is 1.61 bits per heavy atom. The molecular formula is C14H25N3O. The maximum atomic E-state index is 5.45. The van der Waals surface area contributed by atoms with Gasteiger partial charge in [-0.3, -0.25) is 4.68 Å². The van der Waals surface area contributed by atoms with Crippen LogP contribution in [0.5, 0.6) is 0 Å². The van der Waals surface area contributed by atoms with Crippen molar-refractivity contribution in [3.05, 3.63) is 17.5 Å². The fourth-order valence-corrected chi connectivity index (χ4v) is 2.66. The number of hydrogen-bond acceptors (Lipinski definition) is 3. The van der Waals surface area contributed by atoms with Crippen LogP contribution in [0, 0.1) is 5.92 Å². The molecule has 1 saturated heterocycles. The number of hydrogen-bond donors (Lipinski definition) is 1. The highest BCUT2D eigenvalue weighted by atomic mass is 16.5. The maximum Gasteiger partial charge on any atom is 0.0624 e. The summed E-state index contributed by atoms with van der Waals surface area (Å²) in [5.74, 6) is 0.723. The topological polar surface area (TPSA) is 39.1 Å². The number of ether oxygens (including phenoxy) is 1. The molecule has 2 heterocycles. The van der Waals surface area contributed by atoms with Crippen molar-refractivity contribution < 1.29 is 4.74 Å². The molecular weight excluding hydrogens is 226 g/mol. The molecule has 1 aromatic heterocycles. The lowest BCUT2D eigenvalue weighted by atomic mass is 9.96. The summed E-state index contributed by atoms with van der Waals surface area (Å²) in [4.78, 5) is 0. The van der Waals surface area contributed by atoms with Gasteiger partial charge in [0.25, 0.3) is 0 Å². The predicted octanol–water partition coefficient (Wildman–Crippen LogP) is 1.54. The van der Waals surface area contributed by atoms with E-state index in [1.165, 1.54) is 24.2 Å². The third-order valence-corrected chi connectivity index (χ3v) is 3.90. The van der Waals surface area contributed by atoms with Crippen LogP contribution in [-0.2, 0) is 24.6 Å². The highest BCUT2D eigenvalue weighted by molar-refractivity contribution is 5.11. The largest absolute Gasteiger partial charge is 0.381 e. The van der Waals surface area contributed by atoms with Crippen LogP contribution < -0.4 is 5.32 Å². The quantitative estimate of drug-likeness (QED) is 0.833. The molecule has 0 spiro atoms. The number of likely N-dealkylation sites (N-methyl/N-ethyl adjacent to an activating group) is 1. The minimum Gasteiger partial charge on any atom is -0.381 e. The van der Waals surface area contributed by atoms with Gasteiger partial charge in [0.2, 0.25) is 0 Å². The Morgan fingerprint density at radius 3 is 3.00 bits per heavy atom. The van der Waals surface area contributed by atoms with E-state index in [1.807, 2.05) is 11.7 Å². The van der Waals surface area contributed by atoms with Crippen molar-refractivity contribution in [2.24, 2.45) is 13.0 Å². The van der Waals surface area contributed by atoms with Crippen molar-refractivity contribution in [1.29, 1.82) is 0 Å². The van der Waals surface area contributed by atoms with Crippen molar-refractivity contribution in [3.8, 4) is 0 Å². The molecule has 1 aliphatic rings. The molecule has 0 aliphatic carbocycles. The molecule has 4 heteroatoms. The Balaban J connectivity index is 1.93. The number of nitrogens with zero attached hydrogens (tertiary/aromatic N) is 2. The molecule has 2 unspecified atom stereocenters. The minimum absolute atomic E-state index is 0.525. The van der Waals surface area contributed by atoms with Crippen molar-refractivity contribution in [2.75, 3.05) is 20.3 Å². The summed E-state index contributed by atoms with van der Waals surface area (Å²) in [6, 6.07) is 2.76. The van der Waals surface area contributed by atoms with E-state index in [9.17, 15) is 0 Å². The zero-order valence-electron chi connectivity index (χ0n) is 11.8. The molecule has 0 saturated carbocycles. The molecule has 0 radical (unpaired) electrons. The average Bonchev–Trinajstić information content (AvgIpc) is 2.99. The normalized spacial score (nSPS) is 21.4. The number of nitrogens with one attached hydrogen (secondary N) is 1. The third-order valence-electron chi connectivity index (χ3n) is 3.90. The molecule has 0 aromatic carbocycles. The monoisotopic (exact) mass is 251 g/mol. The van der Waals surface area contributed by atoms with Crippen LogP contribution >= 0.6 is 0 Å². The summed E-state index contributed by atoms with van der Waals surface area (Å²) in [6.45, 7) is 4.02. The molecule has 102 valence electrons. The van der Waals surface area contributed by atoms with Gasteiger partial charge in [0.05, 0.1) is 5.69 Å². The van der Waals surface area contributed by atoms with Gasteiger partial charge in [-0.25, -0.2) is 0 Å². The van der Waals surface area contributed by atoms with Gasteiger partial charge in [0.1, 0.15) is 0 Å². The van der Waals surface area contributed by atoms with Gasteiger partial charge in [0.15, 0.2) is 0 Å². The van der Waals surface area contributed by atoms with E-state index in [2.05, 4.69) is 30.5 Å². The summed E-state index contributed by atoms with van der Waals surface area (Å²) in [5.41, 5.74) is 2.51. The Bertz CT molecular complexity index is 369. The highest BCUT2D eigenvalue weighted by Crippen LogP contribution is 2.20. The zero-order valence-corrected chi connectivity index (χ0v) is 11.8. The first-order valence-corrected chi connectivity index (χ1v) is 6.99. The second-order valence-corrected chi connectivity index (χ2v) is 5.26. The van der Waals surface area contributed by atoms with E-state index in [0.29, 0.717) is 6.04 Å². The Labute approximate surface area is 110 Å². The van der Waals surface area contributed by atoms with Crippen LogP contribution in [0.3, 0.4) is 0 Å². The summed E-state index contributed by atoms with van der Waals surface area (Å²) in [6.07, 6.45) is 4.47. The molecule has 1 aromatic rings. The maximum absolute atomic E-state index is 5.45. The van der Waals surface area contributed by atoms with E-state index in [0.717, 1.165) is 32.0 Å². The highest BCUT2D eigenvalue weighted by Gasteiger charge is 2.21.